The first-order valence-corrected chi connectivity index (χ1v) is 9.05. The minimum atomic E-state index is -3.54. The molecule has 124 valence electrons. The Hall–Kier alpha value is -1.56. The molecule has 0 aliphatic rings. The number of hydrogen-bond acceptors (Lipinski definition) is 4. The average molecular weight is 327 g/mol. The van der Waals surface area contributed by atoms with Crippen molar-refractivity contribution in [2.45, 2.75) is 47.2 Å². The quantitative estimate of drug-likeness (QED) is 0.722. The largest absolute Gasteiger partial charge is 0.382 e. The van der Waals surface area contributed by atoms with Crippen molar-refractivity contribution in [1.29, 1.82) is 0 Å². The lowest BCUT2D eigenvalue weighted by molar-refractivity contribution is -0.136. The van der Waals surface area contributed by atoms with Crippen LogP contribution in [0, 0.1) is 5.92 Å². The smallest absolute Gasteiger partial charge is 0.308 e. The molecule has 0 fully saturated rings. The van der Waals surface area contributed by atoms with Gasteiger partial charge in [-0.1, -0.05) is 26.0 Å². The van der Waals surface area contributed by atoms with E-state index in [2.05, 4.69) is 0 Å². The minimum absolute atomic E-state index is 0.0684. The highest BCUT2D eigenvalue weighted by atomic mass is 32.2. The van der Waals surface area contributed by atoms with Crippen LogP contribution in [-0.2, 0) is 21.5 Å². The fourth-order valence-corrected chi connectivity index (χ4v) is 2.46. The number of amides is 1. The van der Waals surface area contributed by atoms with Gasteiger partial charge in [-0.25, -0.2) is 0 Å². The maximum Gasteiger partial charge on any atom is 0.308 e. The van der Waals surface area contributed by atoms with Gasteiger partial charge < -0.3 is 9.08 Å². The second-order valence-electron chi connectivity index (χ2n) is 5.79. The molecule has 0 bridgehead atoms. The van der Waals surface area contributed by atoms with Crippen molar-refractivity contribution in [2.24, 2.45) is 5.92 Å². The first-order chi connectivity index (χ1) is 10.2. The predicted octanol–water partition coefficient (Wildman–Crippen LogP) is 2.81. The SMILES string of the molecule is CCS(=O)(=O)Oc1cccc(CN(C(=O)C(C)C)C(C)C)c1. The summed E-state index contributed by atoms with van der Waals surface area (Å²) in [5, 5.41) is 0. The molecule has 0 radical (unpaired) electrons. The summed E-state index contributed by atoms with van der Waals surface area (Å²) in [6, 6.07) is 6.92. The molecule has 6 heteroatoms. The lowest BCUT2D eigenvalue weighted by Crippen LogP contribution is -2.38. The summed E-state index contributed by atoms with van der Waals surface area (Å²) >= 11 is 0. The number of carbonyl (C=O) groups is 1. The van der Waals surface area contributed by atoms with Crippen molar-refractivity contribution < 1.29 is 17.4 Å². The summed E-state index contributed by atoms with van der Waals surface area (Å²) in [6.45, 7) is 9.61. The van der Waals surface area contributed by atoms with E-state index in [-0.39, 0.29) is 29.4 Å². The molecule has 0 atom stereocenters. The van der Waals surface area contributed by atoms with Crippen molar-refractivity contribution in [3.05, 3.63) is 29.8 Å². The summed E-state index contributed by atoms with van der Waals surface area (Å²) in [6.07, 6.45) is 0. The van der Waals surface area contributed by atoms with Crippen LogP contribution in [0.15, 0.2) is 24.3 Å². The van der Waals surface area contributed by atoms with Gasteiger partial charge in [0.25, 0.3) is 0 Å². The Labute approximate surface area is 133 Å². The summed E-state index contributed by atoms with van der Waals surface area (Å²) in [5.41, 5.74) is 0.839. The number of carbonyl (C=O) groups excluding carboxylic acids is 1. The van der Waals surface area contributed by atoms with Gasteiger partial charge >= 0.3 is 10.1 Å². The predicted molar refractivity (Wildman–Crippen MR) is 87.1 cm³/mol. The van der Waals surface area contributed by atoms with Crippen LogP contribution >= 0.6 is 0 Å². The Kier molecular flexibility index (Phi) is 6.41. The molecule has 1 aromatic rings. The van der Waals surface area contributed by atoms with Gasteiger partial charge in [-0.05, 0) is 38.5 Å². The Balaban J connectivity index is 2.95. The van der Waals surface area contributed by atoms with Crippen LogP contribution in [0.5, 0.6) is 5.75 Å². The van der Waals surface area contributed by atoms with Gasteiger partial charge in [0.15, 0.2) is 0 Å². The van der Waals surface area contributed by atoms with Crippen LogP contribution in [0.25, 0.3) is 0 Å². The standard InChI is InChI=1S/C16H25NO4S/c1-6-22(19,20)21-15-9-7-8-14(10-15)11-17(13(4)5)16(18)12(2)3/h7-10,12-13H,6,11H2,1-5H3. The van der Waals surface area contributed by atoms with E-state index in [1.165, 1.54) is 6.92 Å². The van der Waals surface area contributed by atoms with Crippen LogP contribution < -0.4 is 4.18 Å². The Morgan fingerprint density at radius 2 is 1.86 bits per heavy atom. The average Bonchev–Trinajstić information content (AvgIpc) is 2.43. The molecule has 0 saturated carbocycles. The van der Waals surface area contributed by atoms with Crippen LogP contribution in [0.3, 0.4) is 0 Å². The topological polar surface area (TPSA) is 63.7 Å². The monoisotopic (exact) mass is 327 g/mol. The second-order valence-corrected chi connectivity index (χ2v) is 7.65. The van der Waals surface area contributed by atoms with Gasteiger partial charge in [0.05, 0.1) is 5.75 Å². The Bertz CT molecular complexity index is 608. The first kappa shape index (κ1) is 18.5. The summed E-state index contributed by atoms with van der Waals surface area (Å²) in [4.78, 5) is 14.0. The van der Waals surface area contributed by atoms with Crippen molar-refractivity contribution >= 4 is 16.0 Å². The highest BCUT2D eigenvalue weighted by Crippen LogP contribution is 2.19. The van der Waals surface area contributed by atoms with Crippen LogP contribution in [0.4, 0.5) is 0 Å². The molecule has 0 aromatic heterocycles. The van der Waals surface area contributed by atoms with Crippen molar-refractivity contribution in [1.82, 2.24) is 4.90 Å². The fourth-order valence-electron chi connectivity index (χ4n) is 1.94. The normalized spacial score (nSPS) is 11.8. The second kappa shape index (κ2) is 7.63. The van der Waals surface area contributed by atoms with E-state index in [4.69, 9.17) is 4.18 Å². The molecule has 1 amide bonds. The fraction of sp³-hybridized carbons (Fsp3) is 0.562. The lowest BCUT2D eigenvalue weighted by atomic mass is 10.1. The zero-order valence-corrected chi connectivity index (χ0v) is 14.7. The van der Waals surface area contributed by atoms with Crippen molar-refractivity contribution in [3.63, 3.8) is 0 Å². The van der Waals surface area contributed by atoms with E-state index in [9.17, 15) is 13.2 Å². The molecule has 1 rings (SSSR count). The maximum atomic E-state index is 12.2. The van der Waals surface area contributed by atoms with Gasteiger partial charge in [-0.3, -0.25) is 4.79 Å². The van der Waals surface area contributed by atoms with Crippen LogP contribution in [-0.4, -0.2) is 31.0 Å². The van der Waals surface area contributed by atoms with Crippen molar-refractivity contribution in [2.75, 3.05) is 5.75 Å². The highest BCUT2D eigenvalue weighted by molar-refractivity contribution is 7.87. The Morgan fingerprint density at radius 1 is 1.23 bits per heavy atom. The zero-order valence-electron chi connectivity index (χ0n) is 13.9. The van der Waals surface area contributed by atoms with E-state index >= 15 is 0 Å². The van der Waals surface area contributed by atoms with E-state index in [1.54, 1.807) is 23.1 Å². The van der Waals surface area contributed by atoms with E-state index in [0.717, 1.165) is 5.56 Å². The molecule has 5 nitrogen and oxygen atoms in total. The molecular formula is C16H25NO4S. The zero-order chi connectivity index (χ0) is 16.9. The summed E-state index contributed by atoms with van der Waals surface area (Å²) in [5.74, 6) is 0.186. The minimum Gasteiger partial charge on any atom is -0.382 e. The maximum absolute atomic E-state index is 12.2. The molecule has 0 aliphatic heterocycles. The molecule has 0 spiro atoms. The van der Waals surface area contributed by atoms with E-state index in [0.29, 0.717) is 6.54 Å². The van der Waals surface area contributed by atoms with Gasteiger partial charge in [-0.15, -0.1) is 0 Å². The molecule has 0 N–H and O–H groups in total. The van der Waals surface area contributed by atoms with Gasteiger partial charge in [0, 0.05) is 18.5 Å². The van der Waals surface area contributed by atoms with E-state index in [1.807, 2.05) is 33.8 Å². The number of hydrogen-bond donors (Lipinski definition) is 0. The molecule has 0 saturated heterocycles. The lowest BCUT2D eigenvalue weighted by Gasteiger charge is -2.28. The van der Waals surface area contributed by atoms with Gasteiger partial charge in [0.2, 0.25) is 5.91 Å². The van der Waals surface area contributed by atoms with E-state index < -0.39 is 10.1 Å². The van der Waals surface area contributed by atoms with Crippen molar-refractivity contribution in [3.8, 4) is 5.75 Å². The molecule has 22 heavy (non-hydrogen) atoms. The van der Waals surface area contributed by atoms with Crippen LogP contribution in [0.2, 0.25) is 0 Å². The third-order valence-corrected chi connectivity index (χ3v) is 4.38. The summed E-state index contributed by atoms with van der Waals surface area (Å²) in [7, 11) is -3.54. The number of benzene rings is 1. The summed E-state index contributed by atoms with van der Waals surface area (Å²) < 4.78 is 28.1. The highest BCUT2D eigenvalue weighted by Gasteiger charge is 2.20. The molecule has 0 aliphatic carbocycles. The molecule has 0 heterocycles. The third kappa shape index (κ3) is 5.33. The van der Waals surface area contributed by atoms with Crippen LogP contribution in [0.1, 0.15) is 40.2 Å². The third-order valence-electron chi connectivity index (χ3n) is 3.23. The van der Waals surface area contributed by atoms with Gasteiger partial charge in [-0.2, -0.15) is 8.42 Å². The molecular weight excluding hydrogens is 302 g/mol. The first-order valence-electron chi connectivity index (χ1n) is 7.48. The molecule has 1 aromatic carbocycles. The molecule has 0 unspecified atom stereocenters. The number of nitrogens with zero attached hydrogens (tertiary/aromatic N) is 1. The van der Waals surface area contributed by atoms with Gasteiger partial charge in [0.1, 0.15) is 5.75 Å². The number of rotatable bonds is 7. The Morgan fingerprint density at radius 3 is 2.36 bits per heavy atom.